The lowest BCUT2D eigenvalue weighted by atomic mass is 9.85. The smallest absolute Gasteiger partial charge is 0.226 e. The Hall–Kier alpha value is -2.30. The summed E-state index contributed by atoms with van der Waals surface area (Å²) in [6, 6.07) is 4.09. The Labute approximate surface area is 142 Å². The molecule has 1 atom stereocenters. The summed E-state index contributed by atoms with van der Waals surface area (Å²) < 4.78 is 7.63. The van der Waals surface area contributed by atoms with Crippen LogP contribution in [-0.2, 0) is 17.8 Å². The van der Waals surface area contributed by atoms with Crippen molar-refractivity contribution in [1.29, 1.82) is 0 Å². The first-order valence-electron chi connectivity index (χ1n) is 8.63. The van der Waals surface area contributed by atoms with Gasteiger partial charge in [-0.05, 0) is 49.4 Å². The minimum atomic E-state index is 0.0245. The second kappa shape index (κ2) is 5.65. The van der Waals surface area contributed by atoms with Gasteiger partial charge >= 0.3 is 0 Å². The van der Waals surface area contributed by atoms with Crippen LogP contribution >= 0.6 is 0 Å². The van der Waals surface area contributed by atoms with E-state index in [1.807, 2.05) is 6.07 Å². The molecule has 5 nitrogen and oxygen atoms in total. The second-order valence-corrected chi connectivity index (χ2v) is 6.78. The van der Waals surface area contributed by atoms with Crippen LogP contribution < -0.4 is 10.1 Å². The van der Waals surface area contributed by atoms with Gasteiger partial charge < -0.3 is 14.6 Å². The number of hydrogen-bond acceptors (Lipinski definition) is 3. The molecule has 2 aromatic rings. The molecule has 2 aliphatic heterocycles. The Morgan fingerprint density at radius 2 is 2.08 bits per heavy atom. The van der Waals surface area contributed by atoms with Gasteiger partial charge in [0.05, 0.1) is 12.8 Å². The molecule has 4 rings (SSSR count). The molecular formula is C19H23N3O2. The van der Waals surface area contributed by atoms with Crippen LogP contribution in [-0.4, -0.2) is 22.6 Å². The van der Waals surface area contributed by atoms with E-state index in [4.69, 9.17) is 9.72 Å². The molecule has 5 heteroatoms. The lowest BCUT2D eigenvalue weighted by Crippen LogP contribution is -2.26. The van der Waals surface area contributed by atoms with E-state index >= 15 is 0 Å². The van der Waals surface area contributed by atoms with Crippen molar-refractivity contribution in [3.8, 4) is 5.75 Å². The van der Waals surface area contributed by atoms with Gasteiger partial charge in [0.25, 0.3) is 0 Å². The molecule has 0 saturated carbocycles. The van der Waals surface area contributed by atoms with Crippen LogP contribution in [0.25, 0.3) is 0 Å². The van der Waals surface area contributed by atoms with Crippen molar-refractivity contribution in [3.05, 3.63) is 40.3 Å². The normalized spacial score (nSPS) is 19.5. The van der Waals surface area contributed by atoms with Crippen LogP contribution in [0, 0.1) is 13.8 Å². The topological polar surface area (TPSA) is 56.1 Å². The van der Waals surface area contributed by atoms with Crippen molar-refractivity contribution >= 4 is 11.7 Å². The number of nitrogens with one attached hydrogen (secondary N) is 1. The number of nitrogens with zero attached hydrogens (tertiary/aromatic N) is 2. The minimum Gasteiger partial charge on any atom is -0.496 e. The van der Waals surface area contributed by atoms with Crippen molar-refractivity contribution in [2.75, 3.05) is 12.4 Å². The number of carbonyl (C=O) groups excluding carboxylic acids is 1. The van der Waals surface area contributed by atoms with E-state index in [2.05, 4.69) is 29.8 Å². The molecule has 2 aliphatic rings. The molecule has 0 aliphatic carbocycles. The van der Waals surface area contributed by atoms with Crippen molar-refractivity contribution in [2.45, 2.75) is 52.0 Å². The van der Waals surface area contributed by atoms with Crippen LogP contribution in [0.1, 0.15) is 53.4 Å². The minimum absolute atomic E-state index is 0.0245. The highest BCUT2D eigenvalue weighted by Crippen LogP contribution is 2.41. The fourth-order valence-corrected chi connectivity index (χ4v) is 4.02. The van der Waals surface area contributed by atoms with Crippen molar-refractivity contribution in [1.82, 2.24) is 9.55 Å². The first-order valence-corrected chi connectivity index (χ1v) is 8.63. The van der Waals surface area contributed by atoms with Crippen LogP contribution in [0.5, 0.6) is 5.75 Å². The van der Waals surface area contributed by atoms with Gasteiger partial charge in [-0.25, -0.2) is 4.98 Å². The van der Waals surface area contributed by atoms with Gasteiger partial charge in [-0.15, -0.1) is 0 Å². The Morgan fingerprint density at radius 3 is 2.88 bits per heavy atom. The summed E-state index contributed by atoms with van der Waals surface area (Å²) in [5.41, 5.74) is 4.52. The number of benzene rings is 1. The Balaban J connectivity index is 1.85. The standard InChI is InChI=1S/C19H23N3O2/c1-11-12(2)15(24-3)8-7-13(11)14-10-17(23)21-19-18(14)20-16-6-4-5-9-22(16)19/h7-8,14H,4-6,9-10H2,1-3H3,(H,21,23)/t14-/m1/s1. The van der Waals surface area contributed by atoms with E-state index in [9.17, 15) is 4.79 Å². The third-order valence-corrected chi connectivity index (χ3v) is 5.46. The van der Waals surface area contributed by atoms with Crippen LogP contribution in [0.15, 0.2) is 12.1 Å². The zero-order chi connectivity index (χ0) is 16.8. The van der Waals surface area contributed by atoms with E-state index in [1.165, 1.54) is 17.5 Å². The maximum Gasteiger partial charge on any atom is 0.226 e. The van der Waals surface area contributed by atoms with Crippen LogP contribution in [0.2, 0.25) is 0 Å². The number of amides is 1. The van der Waals surface area contributed by atoms with Gasteiger partial charge in [0.2, 0.25) is 5.91 Å². The summed E-state index contributed by atoms with van der Waals surface area (Å²) in [7, 11) is 1.69. The van der Waals surface area contributed by atoms with Gasteiger partial charge in [0.15, 0.2) is 0 Å². The number of carbonyl (C=O) groups is 1. The number of anilines is 1. The molecular weight excluding hydrogens is 302 g/mol. The zero-order valence-corrected chi connectivity index (χ0v) is 14.5. The van der Waals surface area contributed by atoms with E-state index in [0.29, 0.717) is 6.42 Å². The van der Waals surface area contributed by atoms with Gasteiger partial charge in [-0.3, -0.25) is 4.79 Å². The number of methoxy groups -OCH3 is 1. The average Bonchev–Trinajstić information content (AvgIpc) is 2.95. The quantitative estimate of drug-likeness (QED) is 0.921. The monoisotopic (exact) mass is 325 g/mol. The van der Waals surface area contributed by atoms with E-state index in [0.717, 1.165) is 48.0 Å². The Morgan fingerprint density at radius 1 is 1.25 bits per heavy atom. The summed E-state index contributed by atoms with van der Waals surface area (Å²) in [4.78, 5) is 17.2. The number of aryl methyl sites for hydroxylation is 1. The number of rotatable bonds is 2. The van der Waals surface area contributed by atoms with E-state index in [-0.39, 0.29) is 11.8 Å². The summed E-state index contributed by atoms with van der Waals surface area (Å²) in [6.07, 6.45) is 3.78. The van der Waals surface area contributed by atoms with Crippen LogP contribution in [0.4, 0.5) is 5.82 Å². The summed E-state index contributed by atoms with van der Waals surface area (Å²) in [6.45, 7) is 5.13. The highest BCUT2D eigenvalue weighted by atomic mass is 16.5. The number of fused-ring (bicyclic) bond motifs is 3. The molecule has 1 amide bonds. The predicted octanol–water partition coefficient (Wildman–Crippen LogP) is 3.32. The molecule has 1 aromatic carbocycles. The lowest BCUT2D eigenvalue weighted by molar-refractivity contribution is -0.116. The molecule has 3 heterocycles. The molecule has 0 fully saturated rings. The number of imidazole rings is 1. The fraction of sp³-hybridized carbons (Fsp3) is 0.474. The average molecular weight is 325 g/mol. The molecule has 0 radical (unpaired) electrons. The molecule has 0 unspecified atom stereocenters. The highest BCUT2D eigenvalue weighted by Gasteiger charge is 2.34. The molecule has 0 spiro atoms. The summed E-state index contributed by atoms with van der Waals surface area (Å²) >= 11 is 0. The first kappa shape index (κ1) is 15.2. The number of aromatic nitrogens is 2. The lowest BCUT2D eigenvalue weighted by Gasteiger charge is -2.26. The highest BCUT2D eigenvalue weighted by molar-refractivity contribution is 5.94. The Bertz CT molecular complexity index is 823. The molecule has 1 N–H and O–H groups in total. The van der Waals surface area contributed by atoms with Gasteiger partial charge in [-0.2, -0.15) is 0 Å². The second-order valence-electron chi connectivity index (χ2n) is 6.78. The zero-order valence-electron chi connectivity index (χ0n) is 14.5. The third kappa shape index (κ3) is 2.22. The third-order valence-electron chi connectivity index (χ3n) is 5.46. The van der Waals surface area contributed by atoms with Crippen LogP contribution in [0.3, 0.4) is 0 Å². The maximum absolute atomic E-state index is 12.3. The summed E-state index contributed by atoms with van der Waals surface area (Å²) in [5.74, 6) is 3.02. The fourth-order valence-electron chi connectivity index (χ4n) is 4.02. The molecule has 126 valence electrons. The molecule has 0 bridgehead atoms. The largest absolute Gasteiger partial charge is 0.496 e. The first-order chi connectivity index (χ1) is 11.6. The Kier molecular flexibility index (Phi) is 3.59. The van der Waals surface area contributed by atoms with Crippen molar-refractivity contribution in [3.63, 3.8) is 0 Å². The molecule has 0 saturated heterocycles. The summed E-state index contributed by atoms with van der Waals surface area (Å²) in [5, 5.41) is 3.06. The van der Waals surface area contributed by atoms with Crippen molar-refractivity contribution < 1.29 is 9.53 Å². The van der Waals surface area contributed by atoms with Gasteiger partial charge in [-0.1, -0.05) is 6.07 Å². The number of ether oxygens (including phenoxy) is 1. The van der Waals surface area contributed by atoms with E-state index in [1.54, 1.807) is 7.11 Å². The van der Waals surface area contributed by atoms with E-state index < -0.39 is 0 Å². The maximum atomic E-state index is 12.3. The molecule has 1 aromatic heterocycles. The SMILES string of the molecule is COc1ccc([C@H]2CC(=O)Nc3c2nc2n3CCCC2)c(C)c1C. The van der Waals surface area contributed by atoms with Crippen molar-refractivity contribution in [2.24, 2.45) is 0 Å². The van der Waals surface area contributed by atoms with Gasteiger partial charge in [0.1, 0.15) is 17.4 Å². The molecule has 24 heavy (non-hydrogen) atoms. The predicted molar refractivity (Wildman–Crippen MR) is 92.7 cm³/mol. The number of hydrogen-bond donors (Lipinski definition) is 1. The van der Waals surface area contributed by atoms with Gasteiger partial charge in [0, 0.05) is 25.3 Å².